The molecule has 0 aliphatic carbocycles. The van der Waals surface area contributed by atoms with Crippen molar-refractivity contribution in [1.29, 1.82) is 0 Å². The van der Waals surface area contributed by atoms with Crippen molar-refractivity contribution in [3.05, 3.63) is 0 Å². The average molecular weight is 130 g/mol. The van der Waals surface area contributed by atoms with Crippen molar-refractivity contribution < 1.29 is 28.6 Å². The lowest BCUT2D eigenvalue weighted by Crippen LogP contribution is -2.00. The predicted molar refractivity (Wildman–Crippen MR) is 16.3 cm³/mol. The lowest BCUT2D eigenvalue weighted by molar-refractivity contribution is -0.650. The minimum Gasteiger partial charge on any atom is -0.207 e. The molecule has 6 heteroatoms. The summed E-state index contributed by atoms with van der Waals surface area (Å²) in [6.07, 6.45) is 0. The van der Waals surface area contributed by atoms with Gasteiger partial charge in [-0.25, -0.2) is 4.89 Å². The zero-order valence-corrected chi connectivity index (χ0v) is 3.97. The van der Waals surface area contributed by atoms with Crippen LogP contribution in [0.5, 0.6) is 0 Å². The molecule has 0 unspecified atom stereocenters. The van der Waals surface area contributed by atoms with Crippen LogP contribution >= 0.6 is 0 Å². The molecule has 0 saturated carbocycles. The fourth-order valence-corrected chi connectivity index (χ4v) is 0.0735. The Hall–Kier alpha value is -0.300. The van der Waals surface area contributed by atoms with Crippen molar-refractivity contribution in [2.24, 2.45) is 0 Å². The lowest BCUT2D eigenvalue weighted by Gasteiger charge is -1.95. The highest BCUT2D eigenvalue weighted by molar-refractivity contribution is 3.88. The Labute approximate surface area is 43.7 Å². The van der Waals surface area contributed by atoms with Crippen LogP contribution in [-0.2, 0) is 19.9 Å². The van der Waals surface area contributed by atoms with Gasteiger partial charge in [0.25, 0.3) is 0 Å². The van der Waals surface area contributed by atoms with Crippen LogP contribution in [0.3, 0.4) is 0 Å². The van der Waals surface area contributed by atoms with Crippen molar-refractivity contribution in [1.82, 2.24) is 0 Å². The van der Waals surface area contributed by atoms with Crippen LogP contribution in [0.4, 0.5) is 8.78 Å². The number of halogens is 2. The van der Waals surface area contributed by atoms with Gasteiger partial charge in [0.1, 0.15) is 0 Å². The van der Waals surface area contributed by atoms with Gasteiger partial charge in [-0.3, -0.25) is 0 Å². The first kappa shape index (κ1) is 7.70. The first-order valence-corrected chi connectivity index (χ1v) is 1.58. The van der Waals surface area contributed by atoms with Gasteiger partial charge >= 0.3 is 6.61 Å². The van der Waals surface area contributed by atoms with E-state index < -0.39 is 6.61 Å². The number of rotatable bonds is 4. The minimum absolute atomic E-state index is 1.08. The van der Waals surface area contributed by atoms with Crippen molar-refractivity contribution in [3.8, 4) is 0 Å². The molecule has 0 aliphatic rings. The van der Waals surface area contributed by atoms with Gasteiger partial charge in [-0.05, 0) is 10.1 Å². The van der Waals surface area contributed by atoms with E-state index in [2.05, 4.69) is 19.9 Å². The monoisotopic (exact) mass is 130 g/mol. The summed E-state index contributed by atoms with van der Waals surface area (Å²) in [6, 6.07) is 0. The van der Waals surface area contributed by atoms with E-state index >= 15 is 0 Å². The van der Waals surface area contributed by atoms with Crippen LogP contribution in [0.25, 0.3) is 0 Å². The van der Waals surface area contributed by atoms with Crippen LogP contribution in [-0.4, -0.2) is 13.7 Å². The molecule has 0 aromatic heterocycles. The largest absolute Gasteiger partial charge is 0.374 e. The maximum Gasteiger partial charge on any atom is 0.374 e. The normalized spacial score (nSPS) is 10.5. The van der Waals surface area contributed by atoms with E-state index in [0.717, 1.165) is 7.11 Å². The Kier molecular flexibility index (Phi) is 4.67. The van der Waals surface area contributed by atoms with Crippen LogP contribution in [0.15, 0.2) is 0 Å². The Balaban J connectivity index is 2.72. The number of hydrogen-bond donors (Lipinski definition) is 0. The molecule has 0 bridgehead atoms. The second-order valence-corrected chi connectivity index (χ2v) is 0.660. The van der Waals surface area contributed by atoms with Gasteiger partial charge in [0.2, 0.25) is 0 Å². The molecule has 0 fully saturated rings. The molecule has 50 valence electrons. The summed E-state index contributed by atoms with van der Waals surface area (Å²) in [5.74, 6) is 0. The molecule has 0 amide bonds. The molecule has 8 heavy (non-hydrogen) atoms. The maximum absolute atomic E-state index is 10.9. The van der Waals surface area contributed by atoms with Gasteiger partial charge < -0.3 is 0 Å². The molecule has 0 N–H and O–H groups in total. The van der Waals surface area contributed by atoms with E-state index in [4.69, 9.17) is 0 Å². The van der Waals surface area contributed by atoms with Gasteiger partial charge in [0, 0.05) is 0 Å². The molecule has 0 radical (unpaired) electrons. The quantitative estimate of drug-likeness (QED) is 0.318. The molecule has 0 rings (SSSR count). The molecule has 0 saturated heterocycles. The minimum atomic E-state index is -3.02. The van der Waals surface area contributed by atoms with Gasteiger partial charge in [-0.2, -0.15) is 8.78 Å². The zero-order valence-electron chi connectivity index (χ0n) is 3.97. The second kappa shape index (κ2) is 4.85. The fourth-order valence-electron chi connectivity index (χ4n) is 0.0735. The molecule has 0 aliphatic heterocycles. The Bertz CT molecular complexity index is 49.3. The average Bonchev–Trinajstić information content (AvgIpc) is 1.66. The van der Waals surface area contributed by atoms with E-state index in [1.54, 1.807) is 0 Å². The third-order valence-corrected chi connectivity index (χ3v) is 0.208. The van der Waals surface area contributed by atoms with Crippen LogP contribution in [0.2, 0.25) is 0 Å². The predicted octanol–water partition coefficient (Wildman–Crippen LogP) is 0.650. The first-order chi connectivity index (χ1) is 3.77. The van der Waals surface area contributed by atoms with Crippen molar-refractivity contribution in [2.45, 2.75) is 6.61 Å². The van der Waals surface area contributed by atoms with Gasteiger partial charge in [-0.15, -0.1) is 4.89 Å². The summed E-state index contributed by atoms with van der Waals surface area (Å²) in [7, 11) is 1.08. The smallest absolute Gasteiger partial charge is 0.207 e. The van der Waals surface area contributed by atoms with Crippen molar-refractivity contribution in [2.75, 3.05) is 7.11 Å². The van der Waals surface area contributed by atoms with Crippen molar-refractivity contribution in [3.63, 3.8) is 0 Å². The Morgan fingerprint density at radius 1 is 1.25 bits per heavy atom. The van der Waals surface area contributed by atoms with Gasteiger partial charge in [0.15, 0.2) is 0 Å². The summed E-state index contributed by atoms with van der Waals surface area (Å²) in [5, 5.41) is 6.71. The Morgan fingerprint density at radius 2 is 1.88 bits per heavy atom. The highest BCUT2D eigenvalue weighted by Crippen LogP contribution is 1.94. The molecule has 0 atom stereocenters. The maximum atomic E-state index is 10.9. The molecule has 4 nitrogen and oxygen atoms in total. The summed E-state index contributed by atoms with van der Waals surface area (Å²) < 4.78 is 21.8. The highest BCUT2D eigenvalue weighted by atomic mass is 19.3. The summed E-state index contributed by atoms with van der Waals surface area (Å²) in [4.78, 5) is 6.81. The van der Waals surface area contributed by atoms with Gasteiger partial charge in [0.05, 0.1) is 7.11 Å². The van der Waals surface area contributed by atoms with Gasteiger partial charge in [-0.1, -0.05) is 0 Å². The third kappa shape index (κ3) is 5.70. The second-order valence-electron chi connectivity index (χ2n) is 0.660. The topological polar surface area (TPSA) is 36.9 Å². The van der Waals surface area contributed by atoms with E-state index in [-0.39, 0.29) is 0 Å². The molecule has 0 aromatic rings. The highest BCUT2D eigenvalue weighted by Gasteiger charge is 2.01. The van der Waals surface area contributed by atoms with Crippen LogP contribution < -0.4 is 0 Å². The lowest BCUT2D eigenvalue weighted by atomic mass is 11.5. The van der Waals surface area contributed by atoms with Crippen molar-refractivity contribution >= 4 is 0 Å². The van der Waals surface area contributed by atoms with E-state index in [1.165, 1.54) is 0 Å². The molecule has 0 spiro atoms. The molecular weight excluding hydrogens is 126 g/mol. The summed E-state index contributed by atoms with van der Waals surface area (Å²) in [6.45, 7) is -3.02. The molecule has 0 aromatic carbocycles. The number of hydrogen-bond acceptors (Lipinski definition) is 4. The molecule has 0 heterocycles. The fraction of sp³-hybridized carbons (Fsp3) is 1.00. The standard InChI is InChI=1S/C2H4F2O4/c1-5-7-8-6-2(3)4/h2H,1H3. The van der Waals surface area contributed by atoms with Crippen LogP contribution in [0.1, 0.15) is 0 Å². The van der Waals surface area contributed by atoms with E-state index in [0.29, 0.717) is 0 Å². The SMILES string of the molecule is COOOOC(F)F. The molecular formula is C2H4F2O4. The Morgan fingerprint density at radius 3 is 2.25 bits per heavy atom. The summed E-state index contributed by atoms with van der Waals surface area (Å²) in [5.41, 5.74) is 0. The third-order valence-electron chi connectivity index (χ3n) is 0.208. The van der Waals surface area contributed by atoms with E-state index in [9.17, 15) is 8.78 Å². The van der Waals surface area contributed by atoms with E-state index in [1.807, 2.05) is 0 Å². The zero-order chi connectivity index (χ0) is 6.41. The summed E-state index contributed by atoms with van der Waals surface area (Å²) >= 11 is 0. The first-order valence-electron chi connectivity index (χ1n) is 1.58. The number of alkyl halides is 2. The van der Waals surface area contributed by atoms with Crippen LogP contribution in [0, 0.1) is 0 Å².